The van der Waals surface area contributed by atoms with Crippen molar-refractivity contribution in [2.24, 2.45) is 56.9 Å². The monoisotopic (exact) mass is 2010 g/mol. The van der Waals surface area contributed by atoms with Gasteiger partial charge in [0.05, 0.1) is 128 Å². The van der Waals surface area contributed by atoms with Crippen LogP contribution in [0.25, 0.3) is 163 Å². The van der Waals surface area contributed by atoms with E-state index in [2.05, 4.69) is 24.9 Å². The highest BCUT2D eigenvalue weighted by Gasteiger charge is 2.33. The van der Waals surface area contributed by atoms with E-state index in [1.165, 1.54) is 34.0 Å². The van der Waals surface area contributed by atoms with E-state index in [0.29, 0.717) is 174 Å². The number of nitrogens with one attached hydrogen (secondary N) is 1. The minimum Gasteiger partial charge on any atom is -0.477 e. The number of fused-ring (bicyclic) bond motifs is 10. The summed E-state index contributed by atoms with van der Waals surface area (Å²) in [6.07, 6.45) is 0. The molecule has 0 bridgehead atoms. The number of thiophene rings is 5. The van der Waals surface area contributed by atoms with Gasteiger partial charge in [-0.3, -0.25) is 24.0 Å². The zero-order valence-electron chi connectivity index (χ0n) is 71.5. The Labute approximate surface area is 814 Å². The van der Waals surface area contributed by atoms with Crippen LogP contribution in [0.3, 0.4) is 0 Å². The maximum Gasteiger partial charge on any atom is 0.349 e. The molecule has 0 radical (unpaired) electrons. The summed E-state index contributed by atoms with van der Waals surface area (Å²) in [5.41, 5.74) is 38.2. The van der Waals surface area contributed by atoms with Crippen molar-refractivity contribution < 1.29 is 72.4 Å². The van der Waals surface area contributed by atoms with Crippen LogP contribution in [0.1, 0.15) is 128 Å². The first-order chi connectivity index (χ1) is 64.6. The molecule has 0 unspecified atom stereocenters. The Kier molecular flexibility index (Phi) is 27.7. The van der Waals surface area contributed by atoms with E-state index in [-0.39, 0.29) is 37.0 Å². The third kappa shape index (κ3) is 18.0. The predicted octanol–water partition coefficient (Wildman–Crippen LogP) is 21.6. The van der Waals surface area contributed by atoms with Gasteiger partial charge in [-0.05, 0) is 172 Å². The van der Waals surface area contributed by atoms with Crippen LogP contribution in [0.15, 0.2) is 182 Å². The average Bonchev–Trinajstić information content (AvgIpc) is 1.60. The quantitative estimate of drug-likeness (QED) is 0.0292. The predicted molar refractivity (Wildman–Crippen MR) is 539 cm³/mol. The van der Waals surface area contributed by atoms with Crippen molar-refractivity contribution >= 4 is 280 Å². The normalized spacial score (nSPS) is 11.2. The molecule has 0 aliphatic heterocycles. The molecular weight excluding hydrogens is 1940 g/mol. The summed E-state index contributed by atoms with van der Waals surface area (Å²) in [5.74, 6) is -3.43. The van der Waals surface area contributed by atoms with Crippen LogP contribution in [-0.4, -0.2) is 138 Å². The van der Waals surface area contributed by atoms with Gasteiger partial charge < -0.3 is 76.3 Å². The van der Waals surface area contributed by atoms with Crippen molar-refractivity contribution in [2.75, 3.05) is 19.8 Å². The highest BCUT2D eigenvalue weighted by atomic mass is 35.5. The van der Waals surface area contributed by atoms with E-state index in [1.807, 2.05) is 71.8 Å². The first-order valence-electron chi connectivity index (χ1n) is 40.5. The number of ether oxygens (including phenoxy) is 3. The van der Waals surface area contributed by atoms with Gasteiger partial charge >= 0.3 is 29.8 Å². The maximum atomic E-state index is 12.6. The smallest absolute Gasteiger partial charge is 0.349 e. The molecule has 0 fully saturated rings. The van der Waals surface area contributed by atoms with Gasteiger partial charge in [-0.1, -0.05) is 95.8 Å². The van der Waals surface area contributed by atoms with Crippen molar-refractivity contribution in [3.63, 3.8) is 0 Å². The molecule has 13 N–H and O–H groups in total. The number of H-pyrrole nitrogens is 1. The van der Waals surface area contributed by atoms with Gasteiger partial charge in [0.25, 0.3) is 0 Å². The molecule has 10 heterocycles. The summed E-state index contributed by atoms with van der Waals surface area (Å²) in [6.45, 7) is 6.08. The SMILES string of the molecule is C.CCOC(=O)c1sc2cccc(Cl)c2c1-c1nc2cc(C(N)=O)ccc2n1C.CCOC(=O)c1sc2cccc(Cl)c2c1-c1nc2ccc(C(N)=O)cc2[nH]1.CCOC(=O)c1sc2cccc(Cl)c2c1-c1nc2ccc(C(N)=O)cc2n1C.Cn1c(-c2c(C(=O)O)sc3cccc(Cl)c23)nc2cc(C(N)=O)ccc21.Cn1c(-c2c(C(=O)O)sc3cccc(Cl)c23)nc2ccc(C(N)=O)cc21. The number of carbonyl (C=O) groups is 10. The lowest BCUT2D eigenvalue weighted by molar-refractivity contribution is 0.0523. The molecule has 0 aliphatic rings. The Morgan fingerprint density at radius 2 is 0.581 bits per heavy atom. The lowest BCUT2D eigenvalue weighted by Gasteiger charge is -2.06. The molecule has 40 heteroatoms. The fourth-order valence-corrected chi connectivity index (χ4v) is 22.6. The molecule has 0 aliphatic carbocycles. The van der Waals surface area contributed by atoms with Crippen molar-refractivity contribution in [3.05, 3.63) is 259 Å². The van der Waals surface area contributed by atoms with E-state index in [4.69, 9.17) is 106 Å². The van der Waals surface area contributed by atoms with Crippen LogP contribution in [0.2, 0.25) is 25.1 Å². The fourth-order valence-electron chi connectivity index (χ4n) is 15.5. The van der Waals surface area contributed by atoms with E-state index >= 15 is 0 Å². The van der Waals surface area contributed by atoms with Crippen molar-refractivity contribution in [1.29, 1.82) is 0 Å². The van der Waals surface area contributed by atoms with Crippen LogP contribution in [0.4, 0.5) is 0 Å². The van der Waals surface area contributed by atoms with Gasteiger partial charge in [-0.15, -0.1) is 56.7 Å². The first kappa shape index (κ1) is 96.1. The van der Waals surface area contributed by atoms with Gasteiger partial charge in [-0.25, -0.2) is 48.9 Å². The summed E-state index contributed by atoms with van der Waals surface area (Å²) in [6, 6.07) is 52.2. The maximum absolute atomic E-state index is 12.6. The number of carboxylic acid groups (broad SMARTS) is 2. The summed E-state index contributed by atoms with van der Waals surface area (Å²) >= 11 is 38.4. The average molecular weight is 2020 g/mol. The van der Waals surface area contributed by atoms with Crippen molar-refractivity contribution in [3.8, 4) is 56.9 Å². The van der Waals surface area contributed by atoms with Gasteiger partial charge in [0.2, 0.25) is 29.5 Å². The standard InChI is InChI=1S/2C20H16ClN3O3S.C19H14ClN3O3S.2C18H12ClN3O3S.CH4/c1-3-27-20(26)17-16(15-11(21)5-4-6-14(15)28-17)19-23-12-9-10(18(22)25)7-8-13(12)24(19)2;1-3-27-20(26)17-16(15-11(21)5-4-6-14(15)28-17)19-23-12-8-7-10(18(22)25)9-13(12)24(19)2;1-2-26-19(25)16-15(14-10(20)4-3-5-13(14)27-16)18-22-11-7-6-9(17(21)24)8-12(11)23-18;1-22-11-6-5-8(16(20)23)7-10(11)21-17(22)14-13-9(19)3-2-4-12(13)26-15(14)18(24)25;1-22-11-7-8(16(20)23)5-6-10(11)21-17(22)14-13-9(19)3-2-4-12(13)26-15(14)18(24)25;/h2*4-9H,3H2,1-2H3,(H2,22,25);3-8H,2H2,1H3,(H2,21,24)(H,22,23);2*2-7H,1H3,(H2,20,23)(H,24,25);1H4. The molecule has 136 heavy (non-hydrogen) atoms. The van der Waals surface area contributed by atoms with Gasteiger partial charge in [-0.2, -0.15) is 0 Å². The van der Waals surface area contributed by atoms with E-state index in [0.717, 1.165) is 78.9 Å². The number of hydrogen-bond donors (Lipinski definition) is 8. The lowest BCUT2D eigenvalue weighted by Crippen LogP contribution is -2.10. The molecule has 10 aromatic carbocycles. The number of aromatic nitrogens is 10. The second kappa shape index (κ2) is 39.2. The van der Waals surface area contributed by atoms with Crippen molar-refractivity contribution in [2.45, 2.75) is 28.2 Å². The zero-order valence-corrected chi connectivity index (χ0v) is 79.3. The number of esters is 3. The van der Waals surface area contributed by atoms with Gasteiger partial charge in [0.15, 0.2) is 0 Å². The molecular formula is C96H74Cl5N15O15S5. The lowest BCUT2D eigenvalue weighted by atomic mass is 10.1. The summed E-state index contributed by atoms with van der Waals surface area (Å²) in [7, 11) is 7.23. The molecule has 0 atom stereocenters. The number of nitrogens with zero attached hydrogens (tertiary/aromatic N) is 9. The Hall–Kier alpha value is -14.5. The van der Waals surface area contributed by atoms with Crippen LogP contribution in [0, 0.1) is 0 Å². The molecule has 20 aromatic rings. The third-order valence-corrected chi connectivity index (χ3v) is 28.9. The van der Waals surface area contributed by atoms with E-state index < -0.39 is 59.4 Å². The van der Waals surface area contributed by atoms with Crippen molar-refractivity contribution in [1.82, 2.24) is 48.2 Å². The molecule has 0 saturated heterocycles. The molecule has 0 saturated carbocycles. The highest BCUT2D eigenvalue weighted by molar-refractivity contribution is 7.23. The molecule has 0 spiro atoms. The summed E-state index contributed by atoms with van der Waals surface area (Å²) < 4.78 is 27.1. The number of primary amides is 5. The topological polar surface area (TPSA) is 469 Å². The number of benzene rings is 10. The molecule has 20 rings (SSSR count). The second-order valence-corrected chi connectivity index (χ2v) is 37.1. The van der Waals surface area contributed by atoms with Crippen LogP contribution in [0.5, 0.6) is 0 Å². The van der Waals surface area contributed by atoms with Gasteiger partial charge in [0, 0.05) is 106 Å². The number of halogens is 5. The van der Waals surface area contributed by atoms with Gasteiger partial charge in [0.1, 0.15) is 53.5 Å². The van der Waals surface area contributed by atoms with Crippen LogP contribution in [-0.2, 0) is 42.4 Å². The number of carbonyl (C=O) groups excluding carboxylic acids is 8. The third-order valence-electron chi connectivity index (χ3n) is 21.7. The fraction of sp³-hybridized carbons (Fsp3) is 0.115. The second-order valence-electron chi connectivity index (χ2n) is 29.8. The number of rotatable bonds is 18. The number of aromatic amines is 1. The number of aromatic carboxylic acids is 2. The number of imidazole rings is 5. The number of nitrogens with two attached hydrogens (primary N) is 5. The van der Waals surface area contributed by atoms with Crippen LogP contribution >= 0.6 is 115 Å². The Balaban J connectivity index is 0.000000129. The highest BCUT2D eigenvalue weighted by Crippen LogP contribution is 2.49. The van der Waals surface area contributed by atoms with Crippen LogP contribution < -0.4 is 28.7 Å². The minimum absolute atomic E-state index is 0. The molecule has 5 amide bonds. The van der Waals surface area contributed by atoms with E-state index in [1.54, 1.807) is 177 Å². The Morgan fingerprint density at radius 3 is 0.890 bits per heavy atom. The molecule has 30 nitrogen and oxygen atoms in total. The largest absolute Gasteiger partial charge is 0.477 e. The number of aryl methyl sites for hydroxylation is 4. The Morgan fingerprint density at radius 1 is 0.324 bits per heavy atom. The minimum atomic E-state index is -1.04. The van der Waals surface area contributed by atoms with E-state index in [9.17, 15) is 58.2 Å². The molecule has 10 aromatic heterocycles. The number of hydrogen-bond acceptors (Lipinski definition) is 23. The summed E-state index contributed by atoms with van der Waals surface area (Å²) in [4.78, 5) is 147. The number of carboxylic acids is 2. The molecule has 688 valence electrons. The Bertz CT molecular complexity index is 8230. The zero-order chi connectivity index (χ0) is 96.3. The summed E-state index contributed by atoms with van der Waals surface area (Å²) in [5, 5.41) is 25.4. The number of amides is 5. The first-order valence-corrected chi connectivity index (χ1v) is 46.5.